The van der Waals surface area contributed by atoms with E-state index in [1.54, 1.807) is 69.2 Å². The zero-order valence-corrected chi connectivity index (χ0v) is 60.9. The van der Waals surface area contributed by atoms with E-state index in [-0.39, 0.29) is 75.9 Å². The molecule has 0 bridgehead atoms. The fraction of sp³-hybridized carbons (Fsp3) is 0.979. The first-order valence-electron chi connectivity index (χ1n) is 27.9. The summed E-state index contributed by atoms with van der Waals surface area (Å²) < 4.78 is 279. The van der Waals surface area contributed by atoms with Gasteiger partial charge in [-0.3, -0.25) is 16.7 Å². The third-order valence-corrected chi connectivity index (χ3v) is 35.9. The van der Waals surface area contributed by atoms with Gasteiger partial charge in [-0.2, -0.15) is 50.9 Å². The minimum absolute atomic E-state index is 0.0671. The molecule has 0 aromatic heterocycles. The van der Waals surface area contributed by atoms with Gasteiger partial charge in [0, 0.05) is 12.3 Å². The van der Waals surface area contributed by atoms with Crippen LogP contribution in [0.15, 0.2) is 0 Å². The Morgan fingerprint density at radius 3 is 1.16 bits per heavy atom. The lowest BCUT2D eigenvalue weighted by Gasteiger charge is -2.15. The van der Waals surface area contributed by atoms with Gasteiger partial charge >= 0.3 is 15.7 Å². The molecule has 0 aromatic carbocycles. The molecule has 0 spiro atoms. The number of alkyl halides is 2. The number of rotatable bonds is 0. The molecular formula is C47H92F2O28S11. The molecule has 0 aromatic rings. The second kappa shape index (κ2) is 33.2. The maximum absolute atomic E-state index is 12.1. The van der Waals surface area contributed by atoms with E-state index >= 15 is 0 Å². The van der Waals surface area contributed by atoms with Crippen molar-refractivity contribution in [3.8, 4) is 0 Å². The Kier molecular flexibility index (Phi) is 32.1. The quantitative estimate of drug-likeness (QED) is 0.247. The van der Waals surface area contributed by atoms with Crippen molar-refractivity contribution in [3.05, 3.63) is 0 Å². The van der Waals surface area contributed by atoms with E-state index in [9.17, 15) is 97.2 Å². The van der Waals surface area contributed by atoms with Crippen LogP contribution in [0.1, 0.15) is 154 Å². The molecule has 10 fully saturated rings. The Labute approximate surface area is 524 Å². The molecule has 88 heavy (non-hydrogen) atoms. The molecule has 0 N–H and O–H groups in total. The lowest BCUT2D eigenvalue weighted by molar-refractivity contribution is 0.0921. The van der Waals surface area contributed by atoms with Crippen LogP contribution >= 0.6 is 0 Å². The second-order valence-corrected chi connectivity index (χ2v) is 46.6. The lowest BCUT2D eigenvalue weighted by Crippen LogP contribution is -2.28. The van der Waals surface area contributed by atoms with Crippen molar-refractivity contribution in [1.82, 2.24) is 0 Å². The van der Waals surface area contributed by atoms with Gasteiger partial charge in [0.25, 0.3) is 40.5 Å². The Hall–Kier alpha value is -0.900. The molecule has 0 aliphatic carbocycles. The third kappa shape index (κ3) is 29.4. The van der Waals surface area contributed by atoms with E-state index < -0.39 is 138 Å². The van der Waals surface area contributed by atoms with Gasteiger partial charge in [0.15, 0.2) is 51.2 Å². The molecule has 0 radical (unpaired) electrons. The van der Waals surface area contributed by atoms with Crippen LogP contribution in [0.3, 0.4) is 0 Å². The topological polar surface area (TPSA) is 423 Å². The highest BCUT2D eigenvalue weighted by atomic mass is 32.3. The van der Waals surface area contributed by atoms with Crippen molar-refractivity contribution >= 4 is 116 Å². The minimum Gasteiger partial charge on any atom is -0.267 e. The molecule has 41 heteroatoms. The highest BCUT2D eigenvalue weighted by molar-refractivity contribution is 8.08. The highest BCUT2D eigenvalue weighted by Crippen LogP contribution is 2.35. The van der Waals surface area contributed by atoms with E-state index in [0.29, 0.717) is 53.4 Å². The zero-order valence-electron chi connectivity index (χ0n) is 51.9. The molecule has 12 unspecified atom stereocenters. The zero-order chi connectivity index (χ0) is 68.9. The summed E-state index contributed by atoms with van der Waals surface area (Å²) in [5.41, 5.74) is 0. The van der Waals surface area contributed by atoms with Gasteiger partial charge < -0.3 is 0 Å². The highest BCUT2D eigenvalue weighted by Gasteiger charge is 2.49. The summed E-state index contributed by atoms with van der Waals surface area (Å²) in [4.78, 5) is 0. The van der Waals surface area contributed by atoms with Crippen molar-refractivity contribution in [1.29, 1.82) is 0 Å². The summed E-state index contributed by atoms with van der Waals surface area (Å²) in [5.74, 6) is 5.81. The number of hydrogen-bond acceptors (Lipinski definition) is 28. The molecule has 0 saturated carbocycles. The molecule has 10 rings (SSSR count). The second-order valence-electron chi connectivity index (χ2n) is 23.5. The van der Waals surface area contributed by atoms with E-state index in [1.165, 1.54) is 0 Å². The predicted molar refractivity (Wildman–Crippen MR) is 329 cm³/mol. The van der Waals surface area contributed by atoms with Gasteiger partial charge in [-0.25, -0.2) is 58.8 Å². The van der Waals surface area contributed by atoms with E-state index in [1.807, 2.05) is 20.8 Å². The largest absolute Gasteiger partial charge is 0.400 e. The summed E-state index contributed by atoms with van der Waals surface area (Å²) in [6.07, 6.45) is 5.28. The van der Waals surface area contributed by atoms with Crippen LogP contribution in [0.5, 0.6) is 0 Å². The average Bonchev–Trinajstić information content (AvgIpc) is 4.45. The fourth-order valence-electron chi connectivity index (χ4n) is 8.49. The summed E-state index contributed by atoms with van der Waals surface area (Å²) >= 11 is 0. The first-order valence-corrected chi connectivity index (χ1v) is 45.7. The molecule has 10 aliphatic heterocycles. The first-order chi connectivity index (χ1) is 39.3. The van der Waals surface area contributed by atoms with Crippen molar-refractivity contribution in [2.24, 2.45) is 17.8 Å². The maximum atomic E-state index is 12.1. The van der Waals surface area contributed by atoms with Gasteiger partial charge in [-0.1, -0.05) is 20.8 Å². The van der Waals surface area contributed by atoms with Crippen LogP contribution < -0.4 is 0 Å². The van der Waals surface area contributed by atoms with Crippen molar-refractivity contribution < 1.29 is 126 Å². The monoisotopic (exact) mass is 1490 g/mol. The summed E-state index contributed by atoms with van der Waals surface area (Å²) in [6.45, 7) is 23.0. The molecule has 0 amide bonds. The lowest BCUT2D eigenvalue weighted by atomic mass is 10.0. The molecule has 10 saturated heterocycles. The molecule has 28 nitrogen and oxygen atoms in total. The fourth-order valence-corrected chi connectivity index (χ4v) is 24.4. The standard InChI is InChI=1S/C6H12O3S.2C6H12O2S.C5H10O3S.2C5H10O2S.C4H6F2O2S.C4H8O3S.C3H6O5S2.C3H6O4S/c1-4-5(2)9-10(7,8)6(4)3;1-6(2)4-3-5-9(6,7)8;1-5-3-4-9(7,8)6(5)2;1-4-3-5(2)9(6,7)8-4;1-5-2-3-8(6,7)4-5;1-5-3-2-4-8(5,6)7;5-4(6)2-1-3-9(4,7)8;1-4-2-3-8(5,6)7-4;1-9(4)3-10(5,6)8-2-7-9;1-3-2-6-8(4,5)7-3/h4-6H,1-3H3;3-5H2,1-2H3;5-6H,3-4H2,1-2H3;4-5H,3H2,1-2H3;2*5H,2-4H2,1H3;1-3H2;4H,2-3H2,1H3;1-3H2;3H,2H2,1H3. The Morgan fingerprint density at radius 1 is 0.466 bits per heavy atom. The number of sulfone groups is 5. The average molecular weight is 1500 g/mol. The molecule has 10 heterocycles. The molecular weight excluding hydrogens is 1400 g/mol. The van der Waals surface area contributed by atoms with Gasteiger partial charge in [-0.05, 0) is 145 Å². The smallest absolute Gasteiger partial charge is 0.267 e. The molecule has 12 atom stereocenters. The molecule has 528 valence electrons. The minimum atomic E-state index is -4.06. The Balaban J connectivity index is 0.000000489. The van der Waals surface area contributed by atoms with Gasteiger partial charge in [0.05, 0.1) is 101 Å². The normalized spacial score (nSPS) is 37.1. The van der Waals surface area contributed by atoms with Crippen molar-refractivity contribution in [2.45, 2.75) is 210 Å². The Bertz CT molecular complexity index is 3390. The van der Waals surface area contributed by atoms with Crippen LogP contribution in [0.4, 0.5) is 8.78 Å². The summed E-state index contributed by atoms with van der Waals surface area (Å²) in [6, 6.07) is 0. The SMILES string of the molecule is C=S1(=O)CS(=O)(=O)OCO1.CC1(C)CCCS1(=O)=O.CC1CC(C)S(=O)(=O)O1.CC1CCCS1(=O)=O.CC1CCS(=O)(=O)C1.CC1CCS(=O)(=O)C1C.CC1CCS(=O)(=O)O1.CC1COS(=O)(=O)O1.CC1OS(=O)(=O)C(C)C1C.O=S1(=O)CCCC1(F)F. The molecule has 10 aliphatic rings. The number of hydrogen-bond donors (Lipinski definition) is 0. The van der Waals surface area contributed by atoms with Gasteiger partial charge in [-0.15, -0.1) is 0 Å². The van der Waals surface area contributed by atoms with Crippen LogP contribution in [0, 0.1) is 17.8 Å². The van der Waals surface area contributed by atoms with E-state index in [4.69, 9.17) is 4.18 Å². The Morgan fingerprint density at radius 2 is 1.02 bits per heavy atom. The van der Waals surface area contributed by atoms with Crippen LogP contribution in [-0.2, 0) is 139 Å². The van der Waals surface area contributed by atoms with E-state index in [2.05, 4.69) is 31.0 Å². The van der Waals surface area contributed by atoms with E-state index in [0.717, 1.165) is 38.5 Å². The maximum Gasteiger partial charge on any atom is 0.400 e. The van der Waals surface area contributed by atoms with Crippen LogP contribution in [0.25, 0.3) is 0 Å². The number of halogens is 2. The van der Waals surface area contributed by atoms with Gasteiger partial charge in [0.1, 0.15) is 6.10 Å². The van der Waals surface area contributed by atoms with Crippen molar-refractivity contribution in [2.75, 3.05) is 58.8 Å². The summed E-state index contributed by atoms with van der Waals surface area (Å²) in [5, 5.41) is -4.91. The van der Waals surface area contributed by atoms with Crippen LogP contribution in [-0.4, -0.2) is 208 Å². The first kappa shape index (κ1) is 85.1. The summed E-state index contributed by atoms with van der Waals surface area (Å²) in [7, 11) is -34.3. The third-order valence-electron chi connectivity index (χ3n) is 15.0. The predicted octanol–water partition coefficient (Wildman–Crippen LogP) is 3.59. The van der Waals surface area contributed by atoms with Crippen LogP contribution in [0.2, 0.25) is 0 Å². The van der Waals surface area contributed by atoms with Gasteiger partial charge in [0.2, 0.25) is 9.84 Å². The van der Waals surface area contributed by atoms with Crippen molar-refractivity contribution in [3.63, 3.8) is 0 Å².